The zero-order valence-corrected chi connectivity index (χ0v) is 15.6. The number of carbonyl (C=O) groups is 1. The molecule has 7 heteroatoms. The van der Waals surface area contributed by atoms with Crippen LogP contribution in [0, 0.1) is 0 Å². The van der Waals surface area contributed by atoms with Crippen molar-refractivity contribution in [1.82, 2.24) is 9.88 Å². The van der Waals surface area contributed by atoms with Crippen LogP contribution in [-0.4, -0.2) is 55.6 Å². The maximum absolute atomic E-state index is 11.5. The standard InChI is InChI=1S/C16H25BrN4O2/c1-4-21-8-6-5-7-11(10-21)20(2)15-13(17)9-12(14(18)22)16(19-15)23-3/h9,11H,4-8,10H2,1-3H3,(H2,18,22). The van der Waals surface area contributed by atoms with Crippen molar-refractivity contribution in [2.75, 3.05) is 38.7 Å². The van der Waals surface area contributed by atoms with Gasteiger partial charge in [0, 0.05) is 19.6 Å². The van der Waals surface area contributed by atoms with Crippen LogP contribution in [0.2, 0.25) is 0 Å². The van der Waals surface area contributed by atoms with Gasteiger partial charge in [-0.2, -0.15) is 4.98 Å². The summed E-state index contributed by atoms with van der Waals surface area (Å²) < 4.78 is 5.99. The number of amides is 1. The van der Waals surface area contributed by atoms with Crippen molar-refractivity contribution in [3.63, 3.8) is 0 Å². The van der Waals surface area contributed by atoms with Gasteiger partial charge in [-0.1, -0.05) is 13.3 Å². The molecular weight excluding hydrogens is 360 g/mol. The predicted molar refractivity (Wildman–Crippen MR) is 95.2 cm³/mol. The highest BCUT2D eigenvalue weighted by atomic mass is 79.9. The van der Waals surface area contributed by atoms with Gasteiger partial charge >= 0.3 is 0 Å². The number of aromatic nitrogens is 1. The number of halogens is 1. The van der Waals surface area contributed by atoms with E-state index in [0.29, 0.717) is 6.04 Å². The number of nitrogens with two attached hydrogens (primary N) is 1. The number of hydrogen-bond donors (Lipinski definition) is 1. The molecule has 1 aromatic rings. The first-order valence-corrected chi connectivity index (χ1v) is 8.76. The van der Waals surface area contributed by atoms with Crippen LogP contribution in [0.1, 0.15) is 36.5 Å². The molecule has 1 aliphatic rings. The number of methoxy groups -OCH3 is 1. The lowest BCUT2D eigenvalue weighted by Crippen LogP contribution is -2.41. The molecule has 2 rings (SSSR count). The molecule has 0 aliphatic carbocycles. The molecule has 1 aromatic heterocycles. The quantitative estimate of drug-likeness (QED) is 0.842. The van der Waals surface area contributed by atoms with Crippen molar-refractivity contribution in [2.24, 2.45) is 5.73 Å². The van der Waals surface area contributed by atoms with E-state index >= 15 is 0 Å². The van der Waals surface area contributed by atoms with Gasteiger partial charge in [0.25, 0.3) is 5.91 Å². The minimum Gasteiger partial charge on any atom is -0.480 e. The predicted octanol–water partition coefficient (Wildman–Crippen LogP) is 2.26. The summed E-state index contributed by atoms with van der Waals surface area (Å²) in [6.45, 7) is 5.42. The third kappa shape index (κ3) is 4.14. The maximum atomic E-state index is 11.5. The first-order chi connectivity index (χ1) is 11.0. The molecule has 0 bridgehead atoms. The summed E-state index contributed by atoms with van der Waals surface area (Å²) in [6, 6.07) is 2.07. The minimum absolute atomic E-state index is 0.267. The van der Waals surface area contributed by atoms with E-state index < -0.39 is 5.91 Å². The van der Waals surface area contributed by atoms with Crippen LogP contribution in [0.4, 0.5) is 5.82 Å². The number of primary amides is 1. The van der Waals surface area contributed by atoms with E-state index in [0.717, 1.165) is 36.3 Å². The van der Waals surface area contributed by atoms with Gasteiger partial charge in [0.1, 0.15) is 11.4 Å². The summed E-state index contributed by atoms with van der Waals surface area (Å²) in [4.78, 5) is 20.7. The Bertz CT molecular complexity index is 567. The number of carbonyl (C=O) groups excluding carboxylic acids is 1. The number of anilines is 1. The number of pyridine rings is 1. The smallest absolute Gasteiger partial charge is 0.254 e. The fraction of sp³-hybridized carbons (Fsp3) is 0.625. The SMILES string of the molecule is CCN1CCCCC(N(C)c2nc(OC)c(C(N)=O)cc2Br)C1. The molecule has 1 amide bonds. The number of nitrogens with zero attached hydrogens (tertiary/aromatic N) is 3. The van der Waals surface area contributed by atoms with Crippen LogP contribution in [0.3, 0.4) is 0 Å². The van der Waals surface area contributed by atoms with Gasteiger partial charge in [-0.05, 0) is 47.9 Å². The molecule has 128 valence electrons. The van der Waals surface area contributed by atoms with Crippen molar-refractivity contribution in [3.8, 4) is 5.88 Å². The minimum atomic E-state index is -0.545. The van der Waals surface area contributed by atoms with Gasteiger partial charge in [-0.3, -0.25) is 4.79 Å². The second-order valence-corrected chi connectivity index (χ2v) is 6.72. The first kappa shape index (κ1) is 18.0. The highest BCUT2D eigenvalue weighted by molar-refractivity contribution is 9.10. The summed E-state index contributed by atoms with van der Waals surface area (Å²) in [7, 11) is 3.54. The second-order valence-electron chi connectivity index (χ2n) is 5.87. The number of ether oxygens (including phenoxy) is 1. The zero-order valence-electron chi connectivity index (χ0n) is 14.0. The fourth-order valence-corrected chi connectivity index (χ4v) is 3.61. The molecule has 1 unspecified atom stereocenters. The van der Waals surface area contributed by atoms with E-state index in [1.54, 1.807) is 6.07 Å². The maximum Gasteiger partial charge on any atom is 0.254 e. The van der Waals surface area contributed by atoms with Crippen molar-refractivity contribution in [1.29, 1.82) is 0 Å². The lowest BCUT2D eigenvalue weighted by Gasteiger charge is -2.32. The van der Waals surface area contributed by atoms with Gasteiger partial charge in [-0.15, -0.1) is 0 Å². The van der Waals surface area contributed by atoms with Crippen molar-refractivity contribution >= 4 is 27.7 Å². The molecule has 1 saturated heterocycles. The summed E-state index contributed by atoms with van der Waals surface area (Å²) in [5, 5.41) is 0. The Balaban J connectivity index is 2.30. The van der Waals surface area contributed by atoms with Crippen LogP contribution in [0.5, 0.6) is 5.88 Å². The molecule has 0 spiro atoms. The molecule has 6 nitrogen and oxygen atoms in total. The topological polar surface area (TPSA) is 71.7 Å². The number of likely N-dealkylation sites (N-methyl/N-ethyl adjacent to an activating group) is 2. The third-order valence-electron chi connectivity index (χ3n) is 4.44. The molecule has 1 fully saturated rings. The monoisotopic (exact) mass is 384 g/mol. The van der Waals surface area contributed by atoms with Crippen molar-refractivity contribution in [2.45, 2.75) is 32.2 Å². The normalized spacial score (nSPS) is 19.2. The van der Waals surface area contributed by atoms with Crippen molar-refractivity contribution < 1.29 is 9.53 Å². The summed E-state index contributed by atoms with van der Waals surface area (Å²) in [6.07, 6.45) is 3.57. The fourth-order valence-electron chi connectivity index (χ4n) is 3.01. The Morgan fingerprint density at radius 3 is 2.91 bits per heavy atom. The average Bonchev–Trinajstić information content (AvgIpc) is 2.79. The Labute approximate surface area is 146 Å². The van der Waals surface area contributed by atoms with E-state index in [9.17, 15) is 4.79 Å². The highest BCUT2D eigenvalue weighted by Gasteiger charge is 2.25. The molecule has 1 aliphatic heterocycles. The van der Waals surface area contributed by atoms with Gasteiger partial charge in [0.15, 0.2) is 0 Å². The molecule has 2 heterocycles. The van der Waals surface area contributed by atoms with E-state index in [4.69, 9.17) is 10.5 Å². The number of likely N-dealkylation sites (tertiary alicyclic amines) is 1. The molecule has 2 N–H and O–H groups in total. The van der Waals surface area contributed by atoms with Crippen LogP contribution < -0.4 is 15.4 Å². The van der Waals surface area contributed by atoms with Gasteiger partial charge in [0.2, 0.25) is 5.88 Å². The van der Waals surface area contributed by atoms with E-state index in [2.05, 4.69) is 37.6 Å². The summed E-state index contributed by atoms with van der Waals surface area (Å²) >= 11 is 3.52. The van der Waals surface area contributed by atoms with E-state index in [1.807, 2.05) is 7.05 Å². The summed E-state index contributed by atoms with van der Waals surface area (Å²) in [5.74, 6) is 0.495. The van der Waals surface area contributed by atoms with Gasteiger partial charge in [0.05, 0.1) is 11.6 Å². The molecule has 23 heavy (non-hydrogen) atoms. The van der Waals surface area contributed by atoms with Crippen LogP contribution >= 0.6 is 15.9 Å². The van der Waals surface area contributed by atoms with E-state index in [-0.39, 0.29) is 11.4 Å². The molecule has 1 atom stereocenters. The molecule has 0 saturated carbocycles. The van der Waals surface area contributed by atoms with Gasteiger partial charge < -0.3 is 20.3 Å². The first-order valence-electron chi connectivity index (χ1n) is 7.97. The lowest BCUT2D eigenvalue weighted by atomic mass is 10.1. The largest absolute Gasteiger partial charge is 0.480 e. The number of rotatable bonds is 5. The van der Waals surface area contributed by atoms with Crippen LogP contribution in [-0.2, 0) is 0 Å². The highest BCUT2D eigenvalue weighted by Crippen LogP contribution is 2.31. The molecule has 0 radical (unpaired) electrons. The van der Waals surface area contributed by atoms with Gasteiger partial charge in [-0.25, -0.2) is 0 Å². The zero-order chi connectivity index (χ0) is 17.0. The summed E-state index contributed by atoms with van der Waals surface area (Å²) in [5.41, 5.74) is 5.67. The van der Waals surface area contributed by atoms with Crippen LogP contribution in [0.15, 0.2) is 10.5 Å². The van der Waals surface area contributed by atoms with Crippen LogP contribution in [0.25, 0.3) is 0 Å². The van der Waals surface area contributed by atoms with E-state index in [1.165, 1.54) is 20.0 Å². The average molecular weight is 385 g/mol. The number of hydrogen-bond acceptors (Lipinski definition) is 5. The lowest BCUT2D eigenvalue weighted by molar-refractivity contribution is 0.0996. The third-order valence-corrected chi connectivity index (χ3v) is 5.02. The Morgan fingerprint density at radius 1 is 1.57 bits per heavy atom. The van der Waals surface area contributed by atoms with Crippen molar-refractivity contribution in [3.05, 3.63) is 16.1 Å². The Kier molecular flexibility index (Phi) is 6.24. The Morgan fingerprint density at radius 2 is 2.30 bits per heavy atom. The second kappa shape index (κ2) is 7.97. The molecule has 0 aromatic carbocycles. The Hall–Kier alpha value is -1.34. The molecular formula is C16H25BrN4O2.